The minimum atomic E-state index is -1.45. The van der Waals surface area contributed by atoms with Crippen molar-refractivity contribution in [3.05, 3.63) is 11.9 Å². The van der Waals surface area contributed by atoms with Crippen molar-refractivity contribution in [1.29, 1.82) is 0 Å². The van der Waals surface area contributed by atoms with E-state index >= 15 is 0 Å². The van der Waals surface area contributed by atoms with E-state index in [4.69, 9.17) is 15.3 Å². The van der Waals surface area contributed by atoms with Crippen molar-refractivity contribution in [2.45, 2.75) is 25.9 Å². The van der Waals surface area contributed by atoms with Gasteiger partial charge in [0.05, 0.1) is 18.8 Å². The maximum atomic E-state index is 9.03. The average Bonchev–Trinajstić information content (AvgIpc) is 2.34. The van der Waals surface area contributed by atoms with Gasteiger partial charge in [-0.3, -0.25) is 0 Å². The molecule has 0 amide bonds. The lowest BCUT2D eigenvalue weighted by atomic mass is 10.3. The van der Waals surface area contributed by atoms with Crippen molar-refractivity contribution < 1.29 is 15.3 Å². The Kier molecular flexibility index (Phi) is 2.74. The molecule has 68 valence electrons. The summed E-state index contributed by atoms with van der Waals surface area (Å²) in [5.74, 6) is 0. The third-order valence-electron chi connectivity index (χ3n) is 1.33. The van der Waals surface area contributed by atoms with E-state index in [9.17, 15) is 0 Å². The number of hydrogen-bond acceptors (Lipinski definition) is 5. The fourth-order valence-corrected chi connectivity index (χ4v) is 0.761. The lowest BCUT2D eigenvalue weighted by Crippen LogP contribution is -2.15. The smallest absolute Gasteiger partial charge is 0.171 e. The first-order valence-electron chi connectivity index (χ1n) is 3.54. The monoisotopic (exact) mass is 173 g/mol. The van der Waals surface area contributed by atoms with E-state index in [0.717, 1.165) is 0 Å². The number of aliphatic hydroxyl groups excluding tert-OH is 2. The van der Waals surface area contributed by atoms with Gasteiger partial charge in [-0.1, -0.05) is 5.21 Å². The average molecular weight is 173 g/mol. The summed E-state index contributed by atoms with van der Waals surface area (Å²) in [7, 11) is 0. The highest BCUT2D eigenvalue weighted by molar-refractivity contribution is 4.95. The molecule has 1 heterocycles. The number of hydrogen-bond donors (Lipinski definition) is 3. The molecular formula is C6H11N3O3. The van der Waals surface area contributed by atoms with Gasteiger partial charge in [0.1, 0.15) is 5.69 Å². The lowest BCUT2D eigenvalue weighted by Gasteiger charge is -2.00. The summed E-state index contributed by atoms with van der Waals surface area (Å²) in [6.07, 6.45) is -0.674. The molecule has 1 aromatic heterocycles. The minimum absolute atomic E-state index is 0.0419. The topological polar surface area (TPSA) is 91.4 Å². The van der Waals surface area contributed by atoms with Crippen LogP contribution in [0.3, 0.4) is 0 Å². The standard InChI is InChI=1S/C6H11N3O3/c1-4(10)5-2-9(8-7-5)3-6(11)12/h2,4,6,10-12H,3H2,1H3. The largest absolute Gasteiger partial charge is 0.387 e. The number of aliphatic hydroxyl groups is 3. The molecule has 1 atom stereocenters. The van der Waals surface area contributed by atoms with Crippen LogP contribution in [0.1, 0.15) is 18.7 Å². The summed E-state index contributed by atoms with van der Waals surface area (Å²) in [6.45, 7) is 1.52. The minimum Gasteiger partial charge on any atom is -0.387 e. The summed E-state index contributed by atoms with van der Waals surface area (Å²) in [4.78, 5) is 0. The second kappa shape index (κ2) is 3.61. The van der Waals surface area contributed by atoms with Gasteiger partial charge >= 0.3 is 0 Å². The van der Waals surface area contributed by atoms with Crippen molar-refractivity contribution >= 4 is 0 Å². The highest BCUT2D eigenvalue weighted by atomic mass is 16.5. The SMILES string of the molecule is CC(O)c1cn(CC(O)O)nn1. The van der Waals surface area contributed by atoms with E-state index in [1.54, 1.807) is 6.92 Å². The molecule has 1 aromatic rings. The Bertz CT molecular complexity index is 246. The second-order valence-electron chi connectivity index (χ2n) is 2.52. The second-order valence-corrected chi connectivity index (χ2v) is 2.52. The van der Waals surface area contributed by atoms with Gasteiger partial charge in [-0.05, 0) is 6.92 Å². The lowest BCUT2D eigenvalue weighted by molar-refractivity contribution is -0.0537. The van der Waals surface area contributed by atoms with E-state index in [-0.39, 0.29) is 6.54 Å². The van der Waals surface area contributed by atoms with E-state index in [1.807, 2.05) is 0 Å². The van der Waals surface area contributed by atoms with Crippen LogP contribution in [-0.2, 0) is 6.54 Å². The molecule has 0 aliphatic rings. The molecule has 0 radical (unpaired) electrons. The van der Waals surface area contributed by atoms with Gasteiger partial charge in [-0.25, -0.2) is 4.68 Å². The molecule has 0 bridgehead atoms. The quantitative estimate of drug-likeness (QED) is 0.491. The van der Waals surface area contributed by atoms with Gasteiger partial charge in [0.15, 0.2) is 6.29 Å². The molecule has 6 nitrogen and oxygen atoms in total. The zero-order valence-electron chi connectivity index (χ0n) is 6.62. The summed E-state index contributed by atoms with van der Waals surface area (Å²) in [6, 6.07) is 0. The molecule has 3 N–H and O–H groups in total. The Morgan fingerprint density at radius 1 is 1.50 bits per heavy atom. The molecule has 0 aliphatic carbocycles. The Balaban J connectivity index is 2.64. The summed E-state index contributed by atoms with van der Waals surface area (Å²) in [5, 5.41) is 33.3. The molecule has 0 aromatic carbocycles. The van der Waals surface area contributed by atoms with E-state index in [1.165, 1.54) is 10.9 Å². The Morgan fingerprint density at radius 2 is 2.17 bits per heavy atom. The number of rotatable bonds is 3. The Morgan fingerprint density at radius 3 is 2.58 bits per heavy atom. The summed E-state index contributed by atoms with van der Waals surface area (Å²) < 4.78 is 1.26. The predicted molar refractivity (Wildman–Crippen MR) is 38.9 cm³/mol. The van der Waals surface area contributed by atoms with Crippen LogP contribution in [0.2, 0.25) is 0 Å². The Hall–Kier alpha value is -0.980. The van der Waals surface area contributed by atoms with Gasteiger partial charge in [0.25, 0.3) is 0 Å². The third-order valence-corrected chi connectivity index (χ3v) is 1.33. The van der Waals surface area contributed by atoms with Crippen LogP contribution >= 0.6 is 0 Å². The van der Waals surface area contributed by atoms with Crippen LogP contribution in [0.5, 0.6) is 0 Å². The summed E-state index contributed by atoms with van der Waals surface area (Å²) >= 11 is 0. The molecular weight excluding hydrogens is 162 g/mol. The van der Waals surface area contributed by atoms with Crippen molar-refractivity contribution in [2.75, 3.05) is 0 Å². The van der Waals surface area contributed by atoms with Crippen LogP contribution in [0.4, 0.5) is 0 Å². The van der Waals surface area contributed by atoms with Crippen molar-refractivity contribution in [1.82, 2.24) is 15.0 Å². The van der Waals surface area contributed by atoms with Crippen LogP contribution < -0.4 is 0 Å². The third kappa shape index (κ3) is 2.26. The van der Waals surface area contributed by atoms with Gasteiger partial charge in [-0.15, -0.1) is 5.10 Å². The molecule has 0 saturated heterocycles. The van der Waals surface area contributed by atoms with Crippen molar-refractivity contribution in [2.24, 2.45) is 0 Å². The first kappa shape index (κ1) is 9.11. The first-order valence-corrected chi connectivity index (χ1v) is 3.54. The molecule has 1 unspecified atom stereocenters. The van der Waals surface area contributed by atoms with Crippen LogP contribution in [0.25, 0.3) is 0 Å². The van der Waals surface area contributed by atoms with Crippen molar-refractivity contribution in [3.63, 3.8) is 0 Å². The molecule has 0 spiro atoms. The molecule has 0 fully saturated rings. The molecule has 1 rings (SSSR count). The maximum Gasteiger partial charge on any atom is 0.171 e. The maximum absolute atomic E-state index is 9.03. The normalized spacial score (nSPS) is 13.8. The van der Waals surface area contributed by atoms with E-state index in [0.29, 0.717) is 5.69 Å². The zero-order valence-corrected chi connectivity index (χ0v) is 6.62. The summed E-state index contributed by atoms with van der Waals surface area (Å²) in [5.41, 5.74) is 0.413. The number of aromatic nitrogens is 3. The van der Waals surface area contributed by atoms with Crippen LogP contribution in [0.15, 0.2) is 6.20 Å². The Labute approximate surface area is 69.1 Å². The predicted octanol–water partition coefficient (Wildman–Crippen LogP) is -1.36. The van der Waals surface area contributed by atoms with E-state index in [2.05, 4.69) is 10.3 Å². The molecule has 12 heavy (non-hydrogen) atoms. The van der Waals surface area contributed by atoms with Crippen molar-refractivity contribution in [3.8, 4) is 0 Å². The van der Waals surface area contributed by atoms with Crippen LogP contribution in [-0.4, -0.2) is 36.6 Å². The first-order chi connectivity index (χ1) is 5.59. The van der Waals surface area contributed by atoms with Gasteiger partial charge < -0.3 is 15.3 Å². The van der Waals surface area contributed by atoms with Gasteiger partial charge in [0, 0.05) is 0 Å². The highest BCUT2D eigenvalue weighted by Gasteiger charge is 2.07. The van der Waals surface area contributed by atoms with Gasteiger partial charge in [-0.2, -0.15) is 0 Å². The van der Waals surface area contributed by atoms with Crippen LogP contribution in [0, 0.1) is 0 Å². The fraction of sp³-hybridized carbons (Fsp3) is 0.667. The highest BCUT2D eigenvalue weighted by Crippen LogP contribution is 2.05. The fourth-order valence-electron chi connectivity index (χ4n) is 0.761. The van der Waals surface area contributed by atoms with Gasteiger partial charge in [0.2, 0.25) is 0 Å². The molecule has 0 aliphatic heterocycles. The van der Waals surface area contributed by atoms with E-state index < -0.39 is 12.4 Å². The molecule has 6 heteroatoms. The zero-order chi connectivity index (χ0) is 9.14. The molecule has 0 saturated carbocycles. The number of nitrogens with zero attached hydrogens (tertiary/aromatic N) is 3.